The van der Waals surface area contributed by atoms with Crippen LogP contribution in [0.3, 0.4) is 0 Å². The summed E-state index contributed by atoms with van der Waals surface area (Å²) in [5.41, 5.74) is 1.91. The van der Waals surface area contributed by atoms with Gasteiger partial charge in [-0.25, -0.2) is 0 Å². The summed E-state index contributed by atoms with van der Waals surface area (Å²) in [5.74, 6) is -0.996. The minimum Gasteiger partial charge on any atom is -0.315 e. The number of nitrogens with zero attached hydrogens (tertiary/aromatic N) is 2. The Kier molecular flexibility index (Phi) is 12.1. The second kappa shape index (κ2) is 16.9. The zero-order valence-corrected chi connectivity index (χ0v) is 32.7. The maximum Gasteiger partial charge on any atom is 0.262 e. The van der Waals surface area contributed by atoms with Crippen molar-refractivity contribution in [2.75, 3.05) is 51.8 Å². The van der Waals surface area contributed by atoms with E-state index in [1.807, 2.05) is 84.9 Å². The van der Waals surface area contributed by atoms with Crippen LogP contribution in [-0.2, 0) is 20.2 Å². The molecule has 16 heteroatoms. The molecule has 0 aromatic heterocycles. The highest BCUT2D eigenvalue weighted by atomic mass is 32.2. The van der Waals surface area contributed by atoms with Crippen molar-refractivity contribution < 1.29 is 45.1 Å². The van der Waals surface area contributed by atoms with E-state index in [0.717, 1.165) is 49.5 Å². The summed E-state index contributed by atoms with van der Waals surface area (Å²) >= 11 is 0. The van der Waals surface area contributed by atoms with Crippen molar-refractivity contribution in [3.8, 4) is 0 Å². The number of carbonyl (C=O) groups excluding carboxylic acids is 4. The number of benzene rings is 6. The van der Waals surface area contributed by atoms with Crippen LogP contribution < -0.4 is 10.6 Å². The molecule has 0 spiro atoms. The summed E-state index contributed by atoms with van der Waals surface area (Å²) in [6.07, 6.45) is 2.23. The van der Waals surface area contributed by atoms with Gasteiger partial charge in [0.25, 0.3) is 43.9 Å². The van der Waals surface area contributed by atoms with E-state index in [1.54, 1.807) is 12.1 Å². The van der Waals surface area contributed by atoms with E-state index in [0.29, 0.717) is 60.9 Å². The number of imide groups is 2. The Balaban J connectivity index is 0.000000492. The lowest BCUT2D eigenvalue weighted by Gasteiger charge is -2.15. The minimum atomic E-state index is -3.67. The zero-order valence-electron chi connectivity index (χ0n) is 31.1. The number of hydrogen-bond acceptors (Lipinski definition) is 10. The van der Waals surface area contributed by atoms with Gasteiger partial charge < -0.3 is 10.6 Å². The smallest absolute Gasteiger partial charge is 0.262 e. The highest BCUT2D eigenvalue weighted by molar-refractivity contribution is 7.85. The van der Waals surface area contributed by atoms with Gasteiger partial charge in [0.05, 0.1) is 34.8 Å². The van der Waals surface area contributed by atoms with Crippen molar-refractivity contribution in [1.29, 1.82) is 0 Å². The second-order valence-electron chi connectivity index (χ2n) is 13.6. The van der Waals surface area contributed by atoms with Crippen LogP contribution in [0.5, 0.6) is 0 Å². The van der Waals surface area contributed by atoms with Gasteiger partial charge in [-0.05, 0) is 64.0 Å². The Labute approximate surface area is 328 Å². The lowest BCUT2D eigenvalue weighted by atomic mass is 9.95. The number of amides is 4. The predicted octanol–water partition coefficient (Wildman–Crippen LogP) is 4.77. The van der Waals surface area contributed by atoms with Crippen LogP contribution >= 0.6 is 0 Å². The average molecular weight is 813 g/mol. The van der Waals surface area contributed by atoms with Gasteiger partial charge in [-0.2, -0.15) is 16.8 Å². The van der Waals surface area contributed by atoms with Gasteiger partial charge in [0.15, 0.2) is 0 Å². The molecule has 6 aromatic rings. The van der Waals surface area contributed by atoms with Crippen molar-refractivity contribution in [3.05, 3.63) is 119 Å². The number of carbonyl (C=O) groups is 4. The van der Waals surface area contributed by atoms with Crippen molar-refractivity contribution in [3.63, 3.8) is 0 Å². The molecule has 0 aliphatic carbocycles. The van der Waals surface area contributed by atoms with Crippen LogP contribution in [0.25, 0.3) is 43.1 Å². The van der Waals surface area contributed by atoms with E-state index in [4.69, 9.17) is 9.11 Å². The fraction of sp³-hybridized carbons (Fsp3) is 0.220. The molecule has 4 N–H and O–H groups in total. The maximum absolute atomic E-state index is 13.5. The molecule has 57 heavy (non-hydrogen) atoms. The Morgan fingerprint density at radius 2 is 0.807 bits per heavy atom. The average Bonchev–Trinajstić information content (AvgIpc) is 3.55. The van der Waals surface area contributed by atoms with Gasteiger partial charge >= 0.3 is 0 Å². The topological polar surface area (TPSA) is 208 Å². The fourth-order valence-corrected chi connectivity index (χ4v) is 7.12. The molecule has 0 bridgehead atoms. The molecular weight excluding hydrogens is 773 g/mol. The van der Waals surface area contributed by atoms with Gasteiger partial charge in [0.1, 0.15) is 0 Å². The lowest BCUT2D eigenvalue weighted by Crippen LogP contribution is -2.38. The largest absolute Gasteiger partial charge is 0.315 e. The number of nitrogens with one attached hydrogen (secondary N) is 2. The van der Waals surface area contributed by atoms with Gasteiger partial charge in [0, 0.05) is 37.0 Å². The summed E-state index contributed by atoms with van der Waals surface area (Å²) in [6, 6.07) is 31.3. The highest BCUT2D eigenvalue weighted by Crippen LogP contribution is 2.36. The number of rotatable bonds is 10. The first-order valence-electron chi connectivity index (χ1n) is 17.9. The molecular formula is C41H40N4O10S2. The van der Waals surface area contributed by atoms with Crippen LogP contribution in [0.2, 0.25) is 0 Å². The maximum atomic E-state index is 13.5. The summed E-state index contributed by atoms with van der Waals surface area (Å²) < 4.78 is 51.7. The van der Waals surface area contributed by atoms with Crippen LogP contribution in [0, 0.1) is 0 Å². The molecule has 2 heterocycles. The molecule has 296 valence electrons. The molecule has 0 fully saturated rings. The quantitative estimate of drug-likeness (QED) is 0.0639. The molecule has 0 unspecified atom stereocenters. The van der Waals surface area contributed by atoms with Crippen molar-refractivity contribution >= 4 is 87.0 Å². The van der Waals surface area contributed by atoms with E-state index < -0.39 is 20.2 Å². The van der Waals surface area contributed by atoms with Crippen LogP contribution in [-0.4, -0.2) is 111 Å². The third-order valence-corrected chi connectivity index (χ3v) is 9.42. The molecule has 0 saturated carbocycles. The molecule has 4 amide bonds. The van der Waals surface area contributed by atoms with Crippen LogP contribution in [0.1, 0.15) is 47.9 Å². The predicted molar refractivity (Wildman–Crippen MR) is 219 cm³/mol. The molecule has 0 radical (unpaired) electrons. The van der Waals surface area contributed by atoms with Crippen LogP contribution in [0.15, 0.2) is 97.1 Å². The second-order valence-corrected chi connectivity index (χ2v) is 16.5. The van der Waals surface area contributed by atoms with Gasteiger partial charge in [-0.1, -0.05) is 84.9 Å². The third-order valence-electron chi connectivity index (χ3n) is 9.42. The summed E-state index contributed by atoms with van der Waals surface area (Å²) in [7, 11) is -7.33. The molecule has 0 atom stereocenters. The standard InChI is InChI=1S/C39H32N4O4.2CH4O3S/c44-36-30-16-14-26-12-10-24-6-1-3-8-28(24)32(26)34(30)38(46)42(36)22-20-40-18-5-19-41-21-23-43-37(45)31-17-15-27-13-11-25-7-2-4-9-29(25)33(27)35(31)39(43)47;2*1-5(2,3)4/h1-4,6-17,40-41H,5,18-23H2;2*1H3,(H,2,3,4). The first-order valence-corrected chi connectivity index (χ1v) is 21.6. The monoisotopic (exact) mass is 812 g/mol. The molecule has 6 aromatic carbocycles. The molecule has 0 saturated heterocycles. The lowest BCUT2D eigenvalue weighted by molar-refractivity contribution is 0.0641. The van der Waals surface area contributed by atoms with Crippen molar-refractivity contribution in [2.24, 2.45) is 0 Å². The van der Waals surface area contributed by atoms with E-state index in [1.165, 1.54) is 9.80 Å². The zero-order chi connectivity index (χ0) is 41.1. The van der Waals surface area contributed by atoms with E-state index in [-0.39, 0.29) is 36.7 Å². The fourth-order valence-electron chi connectivity index (χ4n) is 7.12. The Morgan fingerprint density at radius 3 is 1.19 bits per heavy atom. The number of fused-ring (bicyclic) bond motifs is 10. The molecule has 14 nitrogen and oxygen atoms in total. The highest BCUT2D eigenvalue weighted by Gasteiger charge is 2.38. The van der Waals surface area contributed by atoms with Gasteiger partial charge in [-0.15, -0.1) is 0 Å². The Morgan fingerprint density at radius 1 is 0.474 bits per heavy atom. The SMILES string of the molecule is CS(=O)(=O)O.CS(=O)(=O)O.O=C1c2ccc3ccc4ccccc4c3c2C(=O)N1CCNCCCNCCN1C(=O)c2ccc3ccc4ccccc4c3c2C1=O. The third kappa shape index (κ3) is 9.34. The van der Waals surface area contributed by atoms with Crippen molar-refractivity contribution in [2.45, 2.75) is 6.42 Å². The summed E-state index contributed by atoms with van der Waals surface area (Å²) in [6.45, 7) is 2.93. The molecule has 8 rings (SSSR count). The molecule has 2 aliphatic heterocycles. The van der Waals surface area contributed by atoms with Crippen LogP contribution in [0.4, 0.5) is 0 Å². The van der Waals surface area contributed by atoms with Gasteiger partial charge in [-0.3, -0.25) is 38.1 Å². The summed E-state index contributed by atoms with van der Waals surface area (Å²) in [4.78, 5) is 56.0. The molecule has 2 aliphatic rings. The van der Waals surface area contributed by atoms with E-state index in [9.17, 15) is 36.0 Å². The normalized spacial score (nSPS) is 13.9. The minimum absolute atomic E-state index is 0.246. The number of hydrogen-bond donors (Lipinski definition) is 4. The Bertz CT molecular complexity index is 2600. The summed E-state index contributed by atoms with van der Waals surface area (Å²) in [5, 5.41) is 14.2. The van der Waals surface area contributed by atoms with Gasteiger partial charge in [0.2, 0.25) is 0 Å². The first kappa shape index (κ1) is 41.0. The van der Waals surface area contributed by atoms with Crippen molar-refractivity contribution in [1.82, 2.24) is 20.4 Å². The van der Waals surface area contributed by atoms with E-state index >= 15 is 0 Å². The van der Waals surface area contributed by atoms with E-state index in [2.05, 4.69) is 10.6 Å². The first-order chi connectivity index (χ1) is 27.0. The Hall–Kier alpha value is -5.62.